The Balaban J connectivity index is 3.73. The number of halogens is 4. The molecular weight excluding hydrogens is 272 g/mol. The van der Waals surface area contributed by atoms with Crippen LogP contribution in [0.4, 0.5) is 13.2 Å². The van der Waals surface area contributed by atoms with Gasteiger partial charge in [-0.3, -0.25) is 0 Å². The van der Waals surface area contributed by atoms with Crippen LogP contribution in [0.25, 0.3) is 0 Å². The van der Waals surface area contributed by atoms with E-state index >= 15 is 0 Å². The summed E-state index contributed by atoms with van der Waals surface area (Å²) in [6.45, 7) is 0.247. The van der Waals surface area contributed by atoms with Crippen LogP contribution in [0, 0.1) is 0 Å². The lowest BCUT2D eigenvalue weighted by atomic mass is 10.4. The molecule has 0 aromatic rings. The molecule has 0 aromatic heterocycles. The van der Waals surface area contributed by atoms with Gasteiger partial charge in [-0.15, -0.1) is 0 Å². The number of hydrogen-bond acceptors (Lipinski definition) is 1. The first-order valence-electron chi connectivity index (χ1n) is 2.86. The number of hydrogen-bond donors (Lipinski definition) is 0. The Morgan fingerprint density at radius 1 is 1.55 bits per heavy atom. The quantitative estimate of drug-likeness (QED) is 0.722. The highest BCUT2D eigenvalue weighted by Crippen LogP contribution is 2.22. The van der Waals surface area contributed by atoms with Gasteiger partial charge in [0.25, 0.3) is 0 Å². The number of ether oxygens (including phenoxy) is 1. The Kier molecular flexibility index (Phi) is 5.07. The minimum Gasteiger partial charge on any atom is -0.380 e. The average Bonchev–Trinajstić information content (AvgIpc) is 1.83. The van der Waals surface area contributed by atoms with Gasteiger partial charge in [0.05, 0.1) is 13.0 Å². The van der Waals surface area contributed by atoms with Gasteiger partial charge in [-0.25, -0.2) is 0 Å². The summed E-state index contributed by atoms with van der Waals surface area (Å²) < 4.78 is 39.9. The monoisotopic (exact) mass is 280 g/mol. The molecule has 1 nitrogen and oxygen atoms in total. The second kappa shape index (κ2) is 4.97. The van der Waals surface area contributed by atoms with Crippen molar-refractivity contribution in [3.05, 3.63) is 9.66 Å². The van der Waals surface area contributed by atoms with E-state index in [0.29, 0.717) is 3.58 Å². The van der Waals surface area contributed by atoms with E-state index in [9.17, 15) is 13.2 Å². The molecule has 0 aliphatic heterocycles. The van der Waals surface area contributed by atoms with E-state index in [1.165, 1.54) is 7.11 Å². The summed E-state index contributed by atoms with van der Waals surface area (Å²) in [5.74, 6) is 0. The Morgan fingerprint density at radius 2 is 2.09 bits per heavy atom. The second-order valence-electron chi connectivity index (χ2n) is 1.90. The molecule has 0 heterocycles. The molecule has 0 bridgehead atoms. The maximum atomic E-state index is 11.6. The SMILES string of the molecule is COC/C(I)=C/CC(F)(F)F. The fraction of sp³-hybridized carbons (Fsp3) is 0.667. The van der Waals surface area contributed by atoms with Gasteiger partial charge in [0.1, 0.15) is 0 Å². The van der Waals surface area contributed by atoms with Crippen molar-refractivity contribution in [3.8, 4) is 0 Å². The molecule has 0 rings (SSSR count). The van der Waals surface area contributed by atoms with Crippen LogP contribution in [0.5, 0.6) is 0 Å². The van der Waals surface area contributed by atoms with Crippen molar-refractivity contribution in [2.45, 2.75) is 12.6 Å². The Morgan fingerprint density at radius 3 is 2.45 bits per heavy atom. The van der Waals surface area contributed by atoms with Gasteiger partial charge in [0.2, 0.25) is 0 Å². The van der Waals surface area contributed by atoms with Gasteiger partial charge in [0.15, 0.2) is 0 Å². The lowest BCUT2D eigenvalue weighted by Gasteiger charge is -2.02. The van der Waals surface area contributed by atoms with E-state index in [2.05, 4.69) is 4.74 Å². The van der Waals surface area contributed by atoms with Crippen LogP contribution in [0.15, 0.2) is 9.66 Å². The van der Waals surface area contributed by atoms with Crippen LogP contribution in [-0.2, 0) is 4.74 Å². The van der Waals surface area contributed by atoms with Gasteiger partial charge in [-0.2, -0.15) is 13.2 Å². The number of rotatable bonds is 3. The van der Waals surface area contributed by atoms with E-state index in [0.717, 1.165) is 6.08 Å². The van der Waals surface area contributed by atoms with Crippen molar-refractivity contribution in [1.82, 2.24) is 0 Å². The van der Waals surface area contributed by atoms with Crippen molar-refractivity contribution in [1.29, 1.82) is 0 Å². The number of methoxy groups -OCH3 is 1. The van der Waals surface area contributed by atoms with Crippen molar-refractivity contribution >= 4 is 22.6 Å². The van der Waals surface area contributed by atoms with Gasteiger partial charge in [-0.05, 0) is 22.6 Å². The molecule has 5 heteroatoms. The Hall–Kier alpha value is 0.220. The lowest BCUT2D eigenvalue weighted by molar-refractivity contribution is -0.125. The Labute approximate surface area is 76.7 Å². The molecule has 66 valence electrons. The molecule has 0 aliphatic carbocycles. The lowest BCUT2D eigenvalue weighted by Crippen LogP contribution is -2.05. The predicted octanol–water partition coefficient (Wildman–Crippen LogP) is 2.90. The zero-order valence-electron chi connectivity index (χ0n) is 5.91. The van der Waals surface area contributed by atoms with Crippen molar-refractivity contribution in [2.75, 3.05) is 13.7 Å². The molecule has 0 unspecified atom stereocenters. The number of alkyl halides is 3. The molecule has 0 spiro atoms. The largest absolute Gasteiger partial charge is 0.392 e. The van der Waals surface area contributed by atoms with Crippen LogP contribution in [0.2, 0.25) is 0 Å². The van der Waals surface area contributed by atoms with E-state index in [4.69, 9.17) is 0 Å². The van der Waals surface area contributed by atoms with E-state index in [1.807, 2.05) is 22.6 Å². The molecule has 0 saturated heterocycles. The molecule has 0 atom stereocenters. The molecule has 0 aromatic carbocycles. The molecule has 0 aliphatic rings. The highest BCUT2D eigenvalue weighted by atomic mass is 127. The average molecular weight is 280 g/mol. The summed E-state index contributed by atoms with van der Waals surface area (Å²) in [7, 11) is 1.44. The smallest absolute Gasteiger partial charge is 0.380 e. The summed E-state index contributed by atoms with van der Waals surface area (Å²) in [4.78, 5) is 0. The molecule has 0 N–H and O–H groups in total. The van der Waals surface area contributed by atoms with Crippen LogP contribution < -0.4 is 0 Å². The van der Waals surface area contributed by atoms with E-state index in [-0.39, 0.29) is 6.61 Å². The van der Waals surface area contributed by atoms with Crippen LogP contribution in [-0.4, -0.2) is 19.9 Å². The molecular formula is C6H8F3IO. The third-order valence-corrected chi connectivity index (χ3v) is 1.59. The zero-order valence-corrected chi connectivity index (χ0v) is 8.07. The van der Waals surface area contributed by atoms with E-state index in [1.54, 1.807) is 0 Å². The third kappa shape index (κ3) is 8.12. The van der Waals surface area contributed by atoms with Gasteiger partial charge >= 0.3 is 6.18 Å². The first kappa shape index (κ1) is 11.2. The highest BCUT2D eigenvalue weighted by molar-refractivity contribution is 14.1. The maximum Gasteiger partial charge on any atom is 0.392 e. The summed E-state index contributed by atoms with van der Waals surface area (Å²) in [5.41, 5.74) is 0. The van der Waals surface area contributed by atoms with Gasteiger partial charge in [0, 0.05) is 10.7 Å². The summed E-state index contributed by atoms with van der Waals surface area (Å²) in [5, 5.41) is 0. The molecule has 0 saturated carbocycles. The predicted molar refractivity (Wildman–Crippen MR) is 44.7 cm³/mol. The summed E-state index contributed by atoms with van der Waals surface area (Å²) >= 11 is 1.82. The van der Waals surface area contributed by atoms with E-state index < -0.39 is 12.6 Å². The highest BCUT2D eigenvalue weighted by Gasteiger charge is 2.24. The molecule has 0 radical (unpaired) electrons. The fourth-order valence-electron chi connectivity index (χ4n) is 0.423. The normalized spacial score (nSPS) is 13.7. The molecule has 0 fully saturated rings. The first-order valence-corrected chi connectivity index (χ1v) is 3.94. The minimum atomic E-state index is -4.11. The van der Waals surface area contributed by atoms with Crippen molar-refractivity contribution < 1.29 is 17.9 Å². The van der Waals surface area contributed by atoms with Crippen LogP contribution in [0.1, 0.15) is 6.42 Å². The number of allylic oxidation sites excluding steroid dienone is 1. The van der Waals surface area contributed by atoms with Crippen LogP contribution in [0.3, 0.4) is 0 Å². The summed E-state index contributed by atoms with van der Waals surface area (Å²) in [6.07, 6.45) is -3.87. The van der Waals surface area contributed by atoms with Crippen molar-refractivity contribution in [2.24, 2.45) is 0 Å². The molecule has 0 amide bonds. The standard InChI is InChI=1S/C6H8F3IO/c1-11-4-5(10)2-3-6(7,8)9/h2H,3-4H2,1H3/b5-2-. The van der Waals surface area contributed by atoms with Gasteiger partial charge < -0.3 is 4.74 Å². The zero-order chi connectivity index (χ0) is 8.91. The second-order valence-corrected chi connectivity index (χ2v) is 3.29. The summed E-state index contributed by atoms with van der Waals surface area (Å²) in [6, 6.07) is 0. The Bertz CT molecular complexity index is 141. The third-order valence-electron chi connectivity index (χ3n) is 0.837. The fourth-order valence-corrected chi connectivity index (χ4v) is 0.955. The van der Waals surface area contributed by atoms with Crippen LogP contribution >= 0.6 is 22.6 Å². The topological polar surface area (TPSA) is 9.23 Å². The first-order chi connectivity index (χ1) is 4.95. The van der Waals surface area contributed by atoms with Gasteiger partial charge in [-0.1, -0.05) is 6.08 Å². The minimum absolute atomic E-state index is 0.247. The molecule has 11 heavy (non-hydrogen) atoms. The maximum absolute atomic E-state index is 11.6. The van der Waals surface area contributed by atoms with Crippen molar-refractivity contribution in [3.63, 3.8) is 0 Å².